The van der Waals surface area contributed by atoms with Crippen molar-refractivity contribution in [1.82, 2.24) is 4.90 Å². The molecule has 0 aromatic heterocycles. The summed E-state index contributed by atoms with van der Waals surface area (Å²) in [4.78, 5) is 13.8. The van der Waals surface area contributed by atoms with E-state index in [0.29, 0.717) is 6.54 Å². The van der Waals surface area contributed by atoms with Gasteiger partial charge in [0, 0.05) is 24.8 Å². The SMILES string of the molecule is O=C(CNc1ccc2c(c1)OCO2)N1CCCC1. The molecule has 2 aliphatic heterocycles. The lowest BCUT2D eigenvalue weighted by molar-refractivity contribution is -0.128. The molecule has 1 aromatic carbocycles. The Morgan fingerprint density at radius 3 is 2.83 bits per heavy atom. The second-order valence-corrected chi connectivity index (χ2v) is 4.51. The fraction of sp³-hybridized carbons (Fsp3) is 0.462. The summed E-state index contributed by atoms with van der Waals surface area (Å²) in [5.41, 5.74) is 0.881. The lowest BCUT2D eigenvalue weighted by Crippen LogP contribution is -2.32. The van der Waals surface area contributed by atoms with Gasteiger partial charge in [0.15, 0.2) is 11.5 Å². The van der Waals surface area contributed by atoms with Crippen molar-refractivity contribution in [3.8, 4) is 11.5 Å². The summed E-state index contributed by atoms with van der Waals surface area (Å²) in [6.45, 7) is 2.38. The molecule has 0 radical (unpaired) electrons. The largest absolute Gasteiger partial charge is 0.454 e. The zero-order valence-electron chi connectivity index (χ0n) is 10.1. The molecule has 0 bridgehead atoms. The van der Waals surface area contributed by atoms with E-state index in [-0.39, 0.29) is 12.7 Å². The number of anilines is 1. The van der Waals surface area contributed by atoms with Crippen LogP contribution in [-0.2, 0) is 4.79 Å². The number of hydrogen-bond donors (Lipinski definition) is 1. The first-order valence-corrected chi connectivity index (χ1v) is 6.24. The lowest BCUT2D eigenvalue weighted by Gasteiger charge is -2.16. The minimum atomic E-state index is 0.158. The lowest BCUT2D eigenvalue weighted by atomic mass is 10.3. The number of carbonyl (C=O) groups excluding carboxylic acids is 1. The number of carbonyl (C=O) groups is 1. The molecule has 1 N–H and O–H groups in total. The van der Waals surface area contributed by atoms with Gasteiger partial charge in [0.25, 0.3) is 0 Å². The fourth-order valence-electron chi connectivity index (χ4n) is 2.26. The van der Waals surface area contributed by atoms with Crippen molar-refractivity contribution in [3.05, 3.63) is 18.2 Å². The van der Waals surface area contributed by atoms with Crippen molar-refractivity contribution in [2.75, 3.05) is 31.7 Å². The quantitative estimate of drug-likeness (QED) is 0.879. The van der Waals surface area contributed by atoms with Crippen LogP contribution in [0.3, 0.4) is 0 Å². The van der Waals surface area contributed by atoms with Gasteiger partial charge >= 0.3 is 0 Å². The van der Waals surface area contributed by atoms with Gasteiger partial charge in [0.1, 0.15) is 0 Å². The Bertz CT molecular complexity index is 456. The van der Waals surface area contributed by atoms with Crippen molar-refractivity contribution < 1.29 is 14.3 Å². The van der Waals surface area contributed by atoms with Crippen LogP contribution in [0.4, 0.5) is 5.69 Å². The average Bonchev–Trinajstić information content (AvgIpc) is 3.05. The minimum Gasteiger partial charge on any atom is -0.454 e. The minimum absolute atomic E-state index is 0.158. The third kappa shape index (κ3) is 2.20. The van der Waals surface area contributed by atoms with Crippen LogP contribution in [0.2, 0.25) is 0 Å². The topological polar surface area (TPSA) is 50.8 Å². The van der Waals surface area contributed by atoms with Crippen LogP contribution in [0, 0.1) is 0 Å². The number of nitrogens with zero attached hydrogens (tertiary/aromatic N) is 1. The number of nitrogens with one attached hydrogen (secondary N) is 1. The van der Waals surface area contributed by atoms with Crippen molar-refractivity contribution >= 4 is 11.6 Å². The molecule has 18 heavy (non-hydrogen) atoms. The second kappa shape index (κ2) is 4.76. The first kappa shape index (κ1) is 11.2. The molecular weight excluding hydrogens is 232 g/mol. The van der Waals surface area contributed by atoms with E-state index in [1.807, 2.05) is 23.1 Å². The Hall–Kier alpha value is -1.91. The molecule has 96 valence electrons. The molecule has 0 atom stereocenters. The van der Waals surface area contributed by atoms with Crippen LogP contribution in [0.15, 0.2) is 18.2 Å². The maximum Gasteiger partial charge on any atom is 0.241 e. The Morgan fingerprint density at radius 1 is 1.22 bits per heavy atom. The number of benzene rings is 1. The van der Waals surface area contributed by atoms with E-state index in [0.717, 1.165) is 43.1 Å². The van der Waals surface area contributed by atoms with E-state index in [9.17, 15) is 4.79 Å². The second-order valence-electron chi connectivity index (χ2n) is 4.51. The molecule has 1 amide bonds. The molecule has 2 heterocycles. The summed E-state index contributed by atoms with van der Waals surface area (Å²) in [5.74, 6) is 1.64. The fourth-order valence-corrected chi connectivity index (χ4v) is 2.26. The van der Waals surface area contributed by atoms with E-state index < -0.39 is 0 Å². The molecule has 1 saturated heterocycles. The van der Waals surface area contributed by atoms with Crippen LogP contribution in [0.5, 0.6) is 11.5 Å². The van der Waals surface area contributed by atoms with Gasteiger partial charge in [-0.15, -0.1) is 0 Å². The number of hydrogen-bond acceptors (Lipinski definition) is 4. The predicted molar refractivity (Wildman–Crippen MR) is 66.9 cm³/mol. The van der Waals surface area contributed by atoms with E-state index in [4.69, 9.17) is 9.47 Å². The molecule has 1 fully saturated rings. The first-order valence-electron chi connectivity index (χ1n) is 6.24. The van der Waals surface area contributed by atoms with Gasteiger partial charge in [0.2, 0.25) is 12.7 Å². The van der Waals surface area contributed by atoms with Gasteiger partial charge in [-0.1, -0.05) is 0 Å². The molecule has 3 rings (SSSR count). The summed E-state index contributed by atoms with van der Waals surface area (Å²) in [6.07, 6.45) is 2.24. The van der Waals surface area contributed by atoms with E-state index in [2.05, 4.69) is 5.32 Å². The van der Waals surface area contributed by atoms with E-state index >= 15 is 0 Å². The normalized spacial score (nSPS) is 17.0. The highest BCUT2D eigenvalue weighted by Gasteiger charge is 2.18. The number of ether oxygens (including phenoxy) is 2. The van der Waals surface area contributed by atoms with Gasteiger partial charge in [-0.3, -0.25) is 4.79 Å². The average molecular weight is 248 g/mol. The number of rotatable bonds is 3. The van der Waals surface area contributed by atoms with Crippen LogP contribution in [0.25, 0.3) is 0 Å². The molecule has 5 nitrogen and oxygen atoms in total. The first-order chi connectivity index (χ1) is 8.83. The number of amides is 1. The molecule has 5 heteroatoms. The Balaban J connectivity index is 1.58. The van der Waals surface area contributed by atoms with Gasteiger partial charge in [-0.25, -0.2) is 0 Å². The smallest absolute Gasteiger partial charge is 0.241 e. The van der Waals surface area contributed by atoms with Gasteiger partial charge in [0.05, 0.1) is 6.54 Å². The van der Waals surface area contributed by atoms with E-state index in [1.165, 1.54) is 0 Å². The highest BCUT2D eigenvalue weighted by atomic mass is 16.7. The van der Waals surface area contributed by atoms with Crippen molar-refractivity contribution in [2.45, 2.75) is 12.8 Å². The predicted octanol–water partition coefficient (Wildman–Crippen LogP) is 1.45. The molecule has 0 aliphatic carbocycles. The number of likely N-dealkylation sites (tertiary alicyclic amines) is 1. The monoisotopic (exact) mass is 248 g/mol. The molecule has 2 aliphatic rings. The van der Waals surface area contributed by atoms with Gasteiger partial charge in [-0.2, -0.15) is 0 Å². The zero-order chi connectivity index (χ0) is 12.4. The van der Waals surface area contributed by atoms with Crippen LogP contribution < -0.4 is 14.8 Å². The molecule has 0 saturated carbocycles. The Labute approximate surface area is 106 Å². The van der Waals surface area contributed by atoms with Crippen LogP contribution in [0.1, 0.15) is 12.8 Å². The highest BCUT2D eigenvalue weighted by molar-refractivity contribution is 5.81. The maximum atomic E-state index is 11.9. The summed E-state index contributed by atoms with van der Waals surface area (Å²) in [5, 5.41) is 3.12. The molecule has 0 spiro atoms. The highest BCUT2D eigenvalue weighted by Crippen LogP contribution is 2.34. The third-order valence-electron chi connectivity index (χ3n) is 3.28. The number of fused-ring (bicyclic) bond motifs is 1. The van der Waals surface area contributed by atoms with Crippen molar-refractivity contribution in [1.29, 1.82) is 0 Å². The molecule has 0 unspecified atom stereocenters. The van der Waals surface area contributed by atoms with E-state index in [1.54, 1.807) is 0 Å². The van der Waals surface area contributed by atoms with Gasteiger partial charge < -0.3 is 19.7 Å². The van der Waals surface area contributed by atoms with Crippen molar-refractivity contribution in [3.63, 3.8) is 0 Å². The van der Waals surface area contributed by atoms with Crippen molar-refractivity contribution in [2.24, 2.45) is 0 Å². The molecule has 1 aromatic rings. The van der Waals surface area contributed by atoms with Crippen LogP contribution in [-0.4, -0.2) is 37.2 Å². The Kier molecular flexibility index (Phi) is 2.96. The summed E-state index contributed by atoms with van der Waals surface area (Å²) in [7, 11) is 0. The summed E-state index contributed by atoms with van der Waals surface area (Å²) >= 11 is 0. The Morgan fingerprint density at radius 2 is 2.00 bits per heavy atom. The molecular formula is C13H16N2O3. The van der Waals surface area contributed by atoms with Crippen LogP contribution >= 0.6 is 0 Å². The van der Waals surface area contributed by atoms with Gasteiger partial charge in [-0.05, 0) is 25.0 Å². The summed E-state index contributed by atoms with van der Waals surface area (Å²) in [6, 6.07) is 5.61. The zero-order valence-corrected chi connectivity index (χ0v) is 10.1. The third-order valence-corrected chi connectivity index (χ3v) is 3.28. The maximum absolute atomic E-state index is 11.9. The standard InChI is InChI=1S/C13H16N2O3/c16-13(15-5-1-2-6-15)8-14-10-3-4-11-12(7-10)18-9-17-11/h3-4,7,14H,1-2,5-6,8-9H2. The summed E-state index contributed by atoms with van der Waals surface area (Å²) < 4.78 is 10.5.